The van der Waals surface area contributed by atoms with Crippen molar-refractivity contribution in [1.29, 1.82) is 0 Å². The molecule has 1 heterocycles. The molecule has 0 fully saturated rings. The summed E-state index contributed by atoms with van der Waals surface area (Å²) in [6, 6.07) is 0. The summed E-state index contributed by atoms with van der Waals surface area (Å²) < 4.78 is 30.4. The Balaban J connectivity index is 3.25. The molecular weight excluding hydrogens is 266 g/mol. The molecule has 10 heteroatoms. The lowest BCUT2D eigenvalue weighted by Gasteiger charge is -2.28. The number of nitrogens with one attached hydrogen (secondary N) is 1. The third kappa shape index (κ3) is 2.02. The van der Waals surface area contributed by atoms with Crippen molar-refractivity contribution >= 4 is 21.8 Å². The van der Waals surface area contributed by atoms with E-state index in [-0.39, 0.29) is 19.0 Å². The Bertz CT molecular complexity index is 457. The lowest BCUT2D eigenvalue weighted by molar-refractivity contribution is -0.166. The van der Waals surface area contributed by atoms with E-state index in [1.807, 2.05) is 0 Å². The van der Waals surface area contributed by atoms with Gasteiger partial charge < -0.3 is 9.57 Å². The summed E-state index contributed by atoms with van der Waals surface area (Å²) in [4.78, 5) is 16.2. The summed E-state index contributed by atoms with van der Waals surface area (Å²) in [5.41, 5.74) is 1.21. The van der Waals surface area contributed by atoms with Gasteiger partial charge in [-0.1, -0.05) is 13.8 Å². The molecule has 0 radical (unpaired) electrons. The number of rotatable bonds is 5. The van der Waals surface area contributed by atoms with Crippen LogP contribution in [-0.4, -0.2) is 47.9 Å². The van der Waals surface area contributed by atoms with E-state index < -0.39 is 21.0 Å². The number of sulfonamides is 1. The van der Waals surface area contributed by atoms with Crippen molar-refractivity contribution in [3.63, 3.8) is 0 Å². The summed E-state index contributed by atoms with van der Waals surface area (Å²) in [5.74, 6) is -1.50. The highest BCUT2D eigenvalue weighted by molar-refractivity contribution is 7.91. The minimum Gasteiger partial charge on any atom is -0.414 e. The molecule has 9 nitrogen and oxygen atoms in total. The van der Waals surface area contributed by atoms with Gasteiger partial charge in [0.15, 0.2) is 0 Å². The molecule has 0 aliphatic carbocycles. The van der Waals surface area contributed by atoms with E-state index in [0.717, 1.165) is 4.31 Å². The molecular formula is C8H15N3O6S. The average molecular weight is 281 g/mol. The molecule has 1 aliphatic rings. The second-order valence-corrected chi connectivity index (χ2v) is 5.39. The Morgan fingerprint density at radius 1 is 1.50 bits per heavy atom. The normalized spacial score (nSPS) is 23.3. The third-order valence-corrected chi connectivity index (χ3v) is 4.56. The van der Waals surface area contributed by atoms with E-state index in [2.05, 4.69) is 9.99 Å². The molecule has 0 bridgehead atoms. The minimum atomic E-state index is -4.30. The number of carbonyl (C=O) groups is 1. The standard InChI is InChI=1S/C8H15N3O6S/c1-4-11(5-2)18(14,15)8(7(12)9-13)16-6(3)10-17-8/h13H,4-5H2,1-3H3,(H,9,12). The van der Waals surface area contributed by atoms with Crippen molar-refractivity contribution in [2.24, 2.45) is 5.16 Å². The fraction of sp³-hybridized carbons (Fsp3) is 0.750. The predicted octanol–water partition coefficient (Wildman–Crippen LogP) is -0.803. The third-order valence-electron chi connectivity index (χ3n) is 2.34. The molecule has 0 spiro atoms. The Hall–Kier alpha value is -1.39. The Kier molecular flexibility index (Phi) is 4.14. The molecule has 1 unspecified atom stereocenters. The number of carbonyl (C=O) groups excluding carboxylic acids is 1. The molecule has 0 aromatic carbocycles. The van der Waals surface area contributed by atoms with Crippen molar-refractivity contribution in [2.75, 3.05) is 13.1 Å². The lowest BCUT2D eigenvalue weighted by Crippen LogP contribution is -2.58. The highest BCUT2D eigenvalue weighted by Crippen LogP contribution is 2.30. The largest absolute Gasteiger partial charge is 0.475 e. The zero-order valence-electron chi connectivity index (χ0n) is 10.2. The van der Waals surface area contributed by atoms with Gasteiger partial charge in [0.25, 0.3) is 0 Å². The molecule has 0 aromatic rings. The van der Waals surface area contributed by atoms with Crippen LogP contribution in [0, 0.1) is 0 Å². The van der Waals surface area contributed by atoms with Crippen LogP contribution >= 0.6 is 0 Å². The maximum atomic E-state index is 12.3. The minimum absolute atomic E-state index is 0.116. The van der Waals surface area contributed by atoms with Crippen LogP contribution in [0.15, 0.2) is 5.16 Å². The van der Waals surface area contributed by atoms with Crippen LogP contribution in [0.3, 0.4) is 0 Å². The van der Waals surface area contributed by atoms with E-state index in [4.69, 9.17) is 9.94 Å². The zero-order valence-corrected chi connectivity index (χ0v) is 11.0. The first-order valence-electron chi connectivity index (χ1n) is 5.21. The van der Waals surface area contributed by atoms with Crippen LogP contribution < -0.4 is 5.48 Å². The van der Waals surface area contributed by atoms with Gasteiger partial charge in [-0.05, 0) is 5.16 Å². The maximum absolute atomic E-state index is 12.3. The quantitative estimate of drug-likeness (QED) is 0.503. The van der Waals surface area contributed by atoms with Crippen LogP contribution in [-0.2, 0) is 24.4 Å². The maximum Gasteiger partial charge on any atom is 0.475 e. The number of hydrogen-bond donors (Lipinski definition) is 2. The van der Waals surface area contributed by atoms with Gasteiger partial charge in [-0.3, -0.25) is 10.0 Å². The number of nitrogens with zero attached hydrogens (tertiary/aromatic N) is 2. The summed E-state index contributed by atoms with van der Waals surface area (Å²) in [6.45, 7) is 4.74. The second-order valence-electron chi connectivity index (χ2n) is 3.39. The smallest absolute Gasteiger partial charge is 0.414 e. The average Bonchev–Trinajstić information content (AvgIpc) is 2.73. The van der Waals surface area contributed by atoms with Gasteiger partial charge in [-0.25, -0.2) is 13.9 Å². The molecule has 1 atom stereocenters. The second kappa shape index (κ2) is 5.08. The van der Waals surface area contributed by atoms with Crippen molar-refractivity contribution in [1.82, 2.24) is 9.79 Å². The SMILES string of the molecule is CCN(CC)S(=O)(=O)C1(C(=O)NO)ON=C(C)O1. The van der Waals surface area contributed by atoms with E-state index in [0.29, 0.717) is 0 Å². The highest BCUT2D eigenvalue weighted by Gasteiger charge is 2.62. The van der Waals surface area contributed by atoms with Crippen molar-refractivity contribution in [3.8, 4) is 0 Å². The highest BCUT2D eigenvalue weighted by atomic mass is 32.2. The molecule has 104 valence electrons. The fourth-order valence-corrected chi connectivity index (χ4v) is 3.12. The monoisotopic (exact) mass is 281 g/mol. The van der Waals surface area contributed by atoms with Crippen molar-refractivity contribution in [2.45, 2.75) is 25.9 Å². The van der Waals surface area contributed by atoms with Gasteiger partial charge in [0.05, 0.1) is 0 Å². The molecule has 18 heavy (non-hydrogen) atoms. The summed E-state index contributed by atoms with van der Waals surface area (Å²) in [6.07, 6.45) is 0. The molecule has 1 aliphatic heterocycles. The molecule has 1 amide bonds. The van der Waals surface area contributed by atoms with E-state index in [1.165, 1.54) is 12.4 Å². The molecule has 2 N–H and O–H groups in total. The number of ether oxygens (including phenoxy) is 1. The van der Waals surface area contributed by atoms with E-state index in [9.17, 15) is 13.2 Å². The van der Waals surface area contributed by atoms with Gasteiger partial charge in [0.2, 0.25) is 5.90 Å². The first kappa shape index (κ1) is 14.7. The van der Waals surface area contributed by atoms with Crippen LogP contribution in [0.5, 0.6) is 0 Å². The summed E-state index contributed by atoms with van der Waals surface area (Å²) in [5, 5.41) is 9.23. The number of amides is 1. The van der Waals surface area contributed by atoms with Crippen molar-refractivity contribution < 1.29 is 28.0 Å². The van der Waals surface area contributed by atoms with E-state index in [1.54, 1.807) is 13.8 Å². The van der Waals surface area contributed by atoms with Crippen molar-refractivity contribution in [3.05, 3.63) is 0 Å². The Morgan fingerprint density at radius 2 is 2.06 bits per heavy atom. The Morgan fingerprint density at radius 3 is 2.39 bits per heavy atom. The number of hydrogen-bond acceptors (Lipinski definition) is 7. The predicted molar refractivity (Wildman–Crippen MR) is 59.8 cm³/mol. The number of oxime groups is 1. The summed E-state index contributed by atoms with van der Waals surface area (Å²) >= 11 is 0. The molecule has 0 saturated carbocycles. The summed E-state index contributed by atoms with van der Waals surface area (Å²) in [7, 11) is -4.30. The first-order chi connectivity index (χ1) is 8.35. The molecule has 1 rings (SSSR count). The van der Waals surface area contributed by atoms with Gasteiger partial charge in [-0.2, -0.15) is 4.31 Å². The lowest BCUT2D eigenvalue weighted by atomic mass is 10.6. The fourth-order valence-electron chi connectivity index (χ4n) is 1.46. The van der Waals surface area contributed by atoms with Crippen LogP contribution in [0.25, 0.3) is 0 Å². The van der Waals surface area contributed by atoms with E-state index >= 15 is 0 Å². The van der Waals surface area contributed by atoms with Gasteiger partial charge >= 0.3 is 21.0 Å². The molecule has 0 aromatic heterocycles. The molecule has 0 saturated heterocycles. The van der Waals surface area contributed by atoms with Crippen LogP contribution in [0.4, 0.5) is 0 Å². The topological polar surface area (TPSA) is 118 Å². The zero-order chi connectivity index (χ0) is 14.0. The Labute approximate surface area is 104 Å². The van der Waals surface area contributed by atoms with Gasteiger partial charge in [-0.15, -0.1) is 0 Å². The first-order valence-corrected chi connectivity index (χ1v) is 6.65. The van der Waals surface area contributed by atoms with Gasteiger partial charge in [0, 0.05) is 20.0 Å². The van der Waals surface area contributed by atoms with Gasteiger partial charge in [0.1, 0.15) is 0 Å². The van der Waals surface area contributed by atoms with Crippen LogP contribution in [0.2, 0.25) is 0 Å². The number of hydroxylamine groups is 1. The van der Waals surface area contributed by atoms with Crippen LogP contribution in [0.1, 0.15) is 20.8 Å².